The van der Waals surface area contributed by atoms with Gasteiger partial charge in [-0.1, -0.05) is 30.3 Å². The van der Waals surface area contributed by atoms with Crippen molar-refractivity contribution in [3.63, 3.8) is 0 Å². The minimum atomic E-state index is -3.82. The van der Waals surface area contributed by atoms with Crippen molar-refractivity contribution >= 4 is 15.9 Å². The second-order valence-corrected chi connectivity index (χ2v) is 6.99. The molecule has 0 radical (unpaired) electrons. The highest BCUT2D eigenvalue weighted by atomic mass is 32.2. The first-order valence-electron chi connectivity index (χ1n) is 7.33. The highest BCUT2D eigenvalue weighted by molar-refractivity contribution is 7.89. The van der Waals surface area contributed by atoms with E-state index in [9.17, 15) is 13.2 Å². The quantitative estimate of drug-likeness (QED) is 0.793. The van der Waals surface area contributed by atoms with Gasteiger partial charge in [0, 0.05) is 12.1 Å². The number of benzene rings is 2. The van der Waals surface area contributed by atoms with E-state index in [0.717, 1.165) is 12.8 Å². The highest BCUT2D eigenvalue weighted by Crippen LogP contribution is 2.13. The van der Waals surface area contributed by atoms with Gasteiger partial charge in [-0.3, -0.25) is 4.79 Å². The molecule has 0 fully saturated rings. The van der Waals surface area contributed by atoms with Crippen LogP contribution in [0.1, 0.15) is 27.9 Å². The van der Waals surface area contributed by atoms with E-state index in [1.165, 1.54) is 17.7 Å². The molecule has 3 N–H and O–H groups in total. The Morgan fingerprint density at radius 3 is 2.48 bits per heavy atom. The van der Waals surface area contributed by atoms with Gasteiger partial charge in [0.1, 0.15) is 0 Å². The van der Waals surface area contributed by atoms with Crippen LogP contribution >= 0.6 is 0 Å². The molecule has 0 aliphatic heterocycles. The van der Waals surface area contributed by atoms with Crippen molar-refractivity contribution in [1.82, 2.24) is 5.32 Å². The third kappa shape index (κ3) is 5.19. The van der Waals surface area contributed by atoms with E-state index in [0.29, 0.717) is 17.7 Å². The minimum absolute atomic E-state index is 0.0491. The number of amides is 1. The molecule has 0 unspecified atom stereocenters. The fourth-order valence-electron chi connectivity index (χ4n) is 2.28. The minimum Gasteiger partial charge on any atom is -0.352 e. The SMILES string of the molecule is Cc1cc(C(=O)NCCCc2ccccc2)cc(S(N)(=O)=O)c1. The average molecular weight is 332 g/mol. The van der Waals surface area contributed by atoms with Gasteiger partial charge in [-0.2, -0.15) is 0 Å². The van der Waals surface area contributed by atoms with Crippen molar-refractivity contribution in [2.45, 2.75) is 24.7 Å². The van der Waals surface area contributed by atoms with E-state index >= 15 is 0 Å². The van der Waals surface area contributed by atoms with Crippen molar-refractivity contribution < 1.29 is 13.2 Å². The first kappa shape index (κ1) is 17.2. The predicted octanol–water partition coefficient (Wildman–Crippen LogP) is 2.01. The fourth-order valence-corrected chi connectivity index (χ4v) is 2.93. The fraction of sp³-hybridized carbons (Fsp3) is 0.235. The van der Waals surface area contributed by atoms with Crippen molar-refractivity contribution in [2.75, 3.05) is 6.54 Å². The summed E-state index contributed by atoms with van der Waals surface area (Å²) >= 11 is 0. The molecule has 0 aliphatic carbocycles. The van der Waals surface area contributed by atoms with Gasteiger partial charge in [-0.25, -0.2) is 13.6 Å². The molecular weight excluding hydrogens is 312 g/mol. The molecule has 0 aliphatic rings. The molecular formula is C17H20N2O3S. The zero-order valence-corrected chi connectivity index (χ0v) is 13.8. The summed E-state index contributed by atoms with van der Waals surface area (Å²) in [6.45, 7) is 2.24. The number of carbonyl (C=O) groups is 1. The molecule has 0 bridgehead atoms. The number of nitrogens with one attached hydrogen (secondary N) is 1. The van der Waals surface area contributed by atoms with Crippen LogP contribution in [0, 0.1) is 6.92 Å². The van der Waals surface area contributed by atoms with Crippen LogP contribution in [0.15, 0.2) is 53.4 Å². The van der Waals surface area contributed by atoms with E-state index in [1.54, 1.807) is 13.0 Å². The first-order valence-corrected chi connectivity index (χ1v) is 8.87. The normalized spacial score (nSPS) is 11.2. The summed E-state index contributed by atoms with van der Waals surface area (Å²) in [5, 5.41) is 7.92. The Labute approximate surface area is 136 Å². The van der Waals surface area contributed by atoms with Gasteiger partial charge in [0.05, 0.1) is 4.90 Å². The van der Waals surface area contributed by atoms with Gasteiger partial charge in [0.2, 0.25) is 10.0 Å². The summed E-state index contributed by atoms with van der Waals surface area (Å²) < 4.78 is 22.8. The van der Waals surface area contributed by atoms with Crippen LogP contribution < -0.4 is 10.5 Å². The number of hydrogen-bond acceptors (Lipinski definition) is 3. The Morgan fingerprint density at radius 1 is 1.13 bits per heavy atom. The predicted molar refractivity (Wildman–Crippen MR) is 89.6 cm³/mol. The van der Waals surface area contributed by atoms with Gasteiger partial charge in [-0.05, 0) is 49.1 Å². The largest absolute Gasteiger partial charge is 0.352 e. The van der Waals surface area contributed by atoms with Crippen molar-refractivity contribution in [2.24, 2.45) is 5.14 Å². The van der Waals surface area contributed by atoms with Gasteiger partial charge >= 0.3 is 0 Å². The van der Waals surface area contributed by atoms with Gasteiger partial charge in [0.25, 0.3) is 5.91 Å². The molecule has 0 spiro atoms. The summed E-state index contributed by atoms with van der Waals surface area (Å²) in [5.74, 6) is -0.299. The zero-order chi connectivity index (χ0) is 16.9. The van der Waals surface area contributed by atoms with Crippen LogP contribution in [-0.4, -0.2) is 20.9 Å². The van der Waals surface area contributed by atoms with E-state index in [-0.39, 0.29) is 10.8 Å². The molecule has 6 heteroatoms. The van der Waals surface area contributed by atoms with Crippen molar-refractivity contribution in [3.8, 4) is 0 Å². The molecule has 0 heterocycles. The summed E-state index contributed by atoms with van der Waals surface area (Å²) in [6.07, 6.45) is 1.68. The third-order valence-corrected chi connectivity index (χ3v) is 4.30. The summed E-state index contributed by atoms with van der Waals surface area (Å²) in [5.41, 5.74) is 2.19. The molecule has 2 aromatic rings. The van der Waals surface area contributed by atoms with Crippen LogP contribution in [0.4, 0.5) is 0 Å². The molecule has 0 saturated heterocycles. The number of nitrogens with two attached hydrogens (primary N) is 1. The Kier molecular flexibility index (Phi) is 5.52. The van der Waals surface area contributed by atoms with E-state index in [2.05, 4.69) is 5.32 Å². The Balaban J connectivity index is 1.94. The summed E-state index contributed by atoms with van der Waals surface area (Å²) in [6, 6.07) is 14.4. The van der Waals surface area contributed by atoms with Crippen LogP contribution in [0.5, 0.6) is 0 Å². The van der Waals surface area contributed by atoms with Crippen molar-refractivity contribution in [3.05, 3.63) is 65.2 Å². The smallest absolute Gasteiger partial charge is 0.251 e. The van der Waals surface area contributed by atoms with Crippen LogP contribution in [0.25, 0.3) is 0 Å². The lowest BCUT2D eigenvalue weighted by molar-refractivity contribution is 0.0953. The number of rotatable bonds is 6. The van der Waals surface area contributed by atoms with Crippen LogP contribution in [-0.2, 0) is 16.4 Å². The van der Waals surface area contributed by atoms with Crippen molar-refractivity contribution in [1.29, 1.82) is 0 Å². The van der Waals surface area contributed by atoms with Crippen LogP contribution in [0.2, 0.25) is 0 Å². The molecule has 5 nitrogen and oxygen atoms in total. The molecule has 2 aromatic carbocycles. The topological polar surface area (TPSA) is 89.3 Å². The molecule has 1 amide bonds. The second-order valence-electron chi connectivity index (χ2n) is 5.42. The molecule has 0 saturated carbocycles. The maximum absolute atomic E-state index is 12.1. The number of carbonyl (C=O) groups excluding carboxylic acids is 1. The van der Waals surface area contributed by atoms with E-state index in [4.69, 9.17) is 5.14 Å². The van der Waals surface area contributed by atoms with Gasteiger partial charge < -0.3 is 5.32 Å². The lowest BCUT2D eigenvalue weighted by atomic mass is 10.1. The lowest BCUT2D eigenvalue weighted by Gasteiger charge is -2.08. The van der Waals surface area contributed by atoms with Gasteiger partial charge in [-0.15, -0.1) is 0 Å². The highest BCUT2D eigenvalue weighted by Gasteiger charge is 2.13. The number of sulfonamides is 1. The van der Waals surface area contributed by atoms with Crippen LogP contribution in [0.3, 0.4) is 0 Å². The molecule has 0 atom stereocenters. The summed E-state index contributed by atoms with van der Waals surface area (Å²) in [4.78, 5) is 12.1. The Bertz CT molecular complexity index is 787. The number of primary sulfonamides is 1. The third-order valence-electron chi connectivity index (χ3n) is 3.41. The standard InChI is InChI=1S/C17H20N2O3S/c1-13-10-15(12-16(11-13)23(18,21)22)17(20)19-9-5-8-14-6-3-2-4-7-14/h2-4,6-7,10-12H,5,8-9H2,1H3,(H,19,20)(H2,18,21,22). The van der Waals surface area contributed by atoms with Gasteiger partial charge in [0.15, 0.2) is 0 Å². The molecule has 2 rings (SSSR count). The summed E-state index contributed by atoms with van der Waals surface area (Å²) in [7, 11) is -3.82. The average Bonchev–Trinajstić information content (AvgIpc) is 2.51. The maximum atomic E-state index is 12.1. The first-order chi connectivity index (χ1) is 10.9. The number of hydrogen-bond donors (Lipinski definition) is 2. The molecule has 23 heavy (non-hydrogen) atoms. The second kappa shape index (κ2) is 7.39. The Morgan fingerprint density at radius 2 is 1.83 bits per heavy atom. The van der Waals surface area contributed by atoms with E-state index < -0.39 is 10.0 Å². The lowest BCUT2D eigenvalue weighted by Crippen LogP contribution is -2.25. The zero-order valence-electron chi connectivity index (χ0n) is 13.0. The molecule has 122 valence electrons. The van der Waals surface area contributed by atoms with E-state index in [1.807, 2.05) is 30.3 Å². The molecule has 0 aromatic heterocycles. The monoisotopic (exact) mass is 332 g/mol. The maximum Gasteiger partial charge on any atom is 0.251 e. The number of aryl methyl sites for hydroxylation is 2. The Hall–Kier alpha value is -2.18.